The van der Waals surface area contributed by atoms with Gasteiger partial charge in [-0.2, -0.15) is 0 Å². The number of ketones is 1. The highest BCUT2D eigenvalue weighted by Gasteiger charge is 2.31. The van der Waals surface area contributed by atoms with E-state index in [1.54, 1.807) is 0 Å². The lowest BCUT2D eigenvalue weighted by Crippen LogP contribution is -2.39. The van der Waals surface area contributed by atoms with Crippen molar-refractivity contribution < 1.29 is 29.0 Å². The molecule has 19 heavy (non-hydrogen) atoms. The van der Waals surface area contributed by atoms with Gasteiger partial charge in [0.15, 0.2) is 11.9 Å². The third-order valence-electron chi connectivity index (χ3n) is 2.54. The fourth-order valence-electron chi connectivity index (χ4n) is 1.48. The molecule has 1 rings (SSSR count). The third-order valence-corrected chi connectivity index (χ3v) is 2.54. The van der Waals surface area contributed by atoms with E-state index in [-0.39, 0.29) is 32.0 Å². The Balaban J connectivity index is 2.03. The molecule has 0 aromatic heterocycles. The topological polar surface area (TPSA) is 128 Å². The number of amides is 1. The van der Waals surface area contributed by atoms with Gasteiger partial charge in [-0.15, -0.1) is 0 Å². The molecule has 0 unspecified atom stereocenters. The first-order valence-corrected chi connectivity index (χ1v) is 6.00. The number of carboxylic acid groups (broad SMARTS) is 1. The van der Waals surface area contributed by atoms with Gasteiger partial charge in [-0.25, -0.2) is 0 Å². The number of hydrogen-bond acceptors (Lipinski definition) is 6. The first-order chi connectivity index (χ1) is 9.02. The van der Waals surface area contributed by atoms with Crippen LogP contribution in [0.1, 0.15) is 12.8 Å². The predicted octanol–water partition coefficient (Wildman–Crippen LogP) is -1.72. The Bertz CT molecular complexity index is 346. The number of carboxylic acids is 1. The SMILES string of the molecule is N[C@@H](COCCCNC(=O)[C@H]1OCCC1=O)C(=O)O. The lowest BCUT2D eigenvalue weighted by atomic mass is 10.2. The molecule has 1 heterocycles. The zero-order valence-corrected chi connectivity index (χ0v) is 10.5. The Hall–Kier alpha value is -1.51. The lowest BCUT2D eigenvalue weighted by Gasteiger charge is -2.10. The minimum atomic E-state index is -1.12. The van der Waals surface area contributed by atoms with E-state index in [1.165, 1.54) is 0 Å². The molecule has 0 aromatic carbocycles. The van der Waals surface area contributed by atoms with Gasteiger partial charge in [-0.1, -0.05) is 0 Å². The highest BCUT2D eigenvalue weighted by atomic mass is 16.5. The second-order valence-corrected chi connectivity index (χ2v) is 4.13. The summed E-state index contributed by atoms with van der Waals surface area (Å²) in [5.41, 5.74) is 5.23. The number of aliphatic carboxylic acids is 1. The van der Waals surface area contributed by atoms with E-state index in [1.807, 2.05) is 0 Å². The summed E-state index contributed by atoms with van der Waals surface area (Å²) in [6, 6.07) is -1.04. The molecule has 108 valence electrons. The molecular weight excluding hydrogens is 256 g/mol. The Morgan fingerprint density at radius 1 is 1.58 bits per heavy atom. The normalized spacial score (nSPS) is 20.3. The minimum Gasteiger partial charge on any atom is -0.480 e. The summed E-state index contributed by atoms with van der Waals surface area (Å²) in [7, 11) is 0. The zero-order chi connectivity index (χ0) is 14.3. The van der Waals surface area contributed by atoms with E-state index in [4.69, 9.17) is 20.3 Å². The molecule has 0 saturated carbocycles. The van der Waals surface area contributed by atoms with Crippen LogP contribution >= 0.6 is 0 Å². The fraction of sp³-hybridized carbons (Fsp3) is 0.727. The molecule has 1 aliphatic rings. The molecule has 1 fully saturated rings. The Labute approximate surface area is 110 Å². The van der Waals surface area contributed by atoms with Crippen molar-refractivity contribution in [3.05, 3.63) is 0 Å². The van der Waals surface area contributed by atoms with Crippen molar-refractivity contribution in [3.8, 4) is 0 Å². The number of Topliss-reactive ketones (excluding diaryl/α,β-unsaturated/α-hetero) is 1. The summed E-state index contributed by atoms with van der Waals surface area (Å²) < 4.78 is 10.0. The van der Waals surface area contributed by atoms with E-state index in [2.05, 4.69) is 5.32 Å². The first-order valence-electron chi connectivity index (χ1n) is 6.00. The molecule has 4 N–H and O–H groups in total. The molecule has 0 aliphatic carbocycles. The van der Waals surface area contributed by atoms with Crippen LogP contribution in [0.3, 0.4) is 0 Å². The number of nitrogens with one attached hydrogen (secondary N) is 1. The molecule has 0 aromatic rings. The van der Waals surface area contributed by atoms with Crippen LogP contribution in [-0.2, 0) is 23.9 Å². The van der Waals surface area contributed by atoms with Crippen molar-refractivity contribution in [1.29, 1.82) is 0 Å². The van der Waals surface area contributed by atoms with Gasteiger partial charge < -0.3 is 25.6 Å². The standard InChI is InChI=1S/C11H18N2O6/c12-7(11(16)17)6-18-4-1-3-13-10(15)9-8(14)2-5-19-9/h7,9H,1-6,12H2,(H,13,15)(H,16,17)/t7-,9-/m0/s1. The highest BCUT2D eigenvalue weighted by molar-refractivity contribution is 6.05. The largest absolute Gasteiger partial charge is 0.480 e. The summed E-state index contributed by atoms with van der Waals surface area (Å²) in [6.07, 6.45) is -0.214. The maximum Gasteiger partial charge on any atom is 0.322 e. The first kappa shape index (κ1) is 15.5. The summed E-state index contributed by atoms with van der Waals surface area (Å²) in [5, 5.41) is 11.0. The average molecular weight is 274 g/mol. The monoisotopic (exact) mass is 274 g/mol. The van der Waals surface area contributed by atoms with Gasteiger partial charge in [0.1, 0.15) is 6.04 Å². The summed E-state index contributed by atoms with van der Waals surface area (Å²) >= 11 is 0. The average Bonchev–Trinajstić information content (AvgIpc) is 2.79. The number of carbonyl (C=O) groups is 3. The van der Waals surface area contributed by atoms with E-state index in [9.17, 15) is 14.4 Å². The molecule has 1 amide bonds. The summed E-state index contributed by atoms with van der Waals surface area (Å²) in [4.78, 5) is 33.1. The van der Waals surface area contributed by atoms with E-state index < -0.39 is 24.0 Å². The number of nitrogens with two attached hydrogens (primary N) is 1. The van der Waals surface area contributed by atoms with Crippen LogP contribution in [0, 0.1) is 0 Å². The van der Waals surface area contributed by atoms with Crippen LogP contribution in [0.4, 0.5) is 0 Å². The van der Waals surface area contributed by atoms with Crippen molar-refractivity contribution in [3.63, 3.8) is 0 Å². The second-order valence-electron chi connectivity index (χ2n) is 4.13. The van der Waals surface area contributed by atoms with Gasteiger partial charge in [0, 0.05) is 19.6 Å². The predicted molar refractivity (Wildman–Crippen MR) is 63.4 cm³/mol. The maximum absolute atomic E-state index is 11.5. The van der Waals surface area contributed by atoms with Crippen molar-refractivity contribution >= 4 is 17.7 Å². The van der Waals surface area contributed by atoms with Crippen molar-refractivity contribution in [2.45, 2.75) is 25.0 Å². The molecule has 0 radical (unpaired) electrons. The van der Waals surface area contributed by atoms with Gasteiger partial charge in [0.25, 0.3) is 5.91 Å². The molecule has 0 spiro atoms. The molecular formula is C11H18N2O6. The Kier molecular flexibility index (Phi) is 6.40. The summed E-state index contributed by atoms with van der Waals surface area (Å²) in [5.74, 6) is -1.77. The number of ether oxygens (including phenoxy) is 2. The summed E-state index contributed by atoms with van der Waals surface area (Å²) in [6.45, 7) is 0.815. The van der Waals surface area contributed by atoms with Crippen LogP contribution in [0.2, 0.25) is 0 Å². The van der Waals surface area contributed by atoms with Crippen LogP contribution in [0.5, 0.6) is 0 Å². The molecule has 1 saturated heterocycles. The van der Waals surface area contributed by atoms with Gasteiger partial charge in [-0.3, -0.25) is 14.4 Å². The van der Waals surface area contributed by atoms with Gasteiger partial charge in [0.2, 0.25) is 0 Å². The number of carbonyl (C=O) groups excluding carboxylic acids is 2. The van der Waals surface area contributed by atoms with E-state index in [0.29, 0.717) is 13.0 Å². The second kappa shape index (κ2) is 7.82. The van der Waals surface area contributed by atoms with E-state index in [0.717, 1.165) is 0 Å². The van der Waals surface area contributed by atoms with Crippen LogP contribution in [0.15, 0.2) is 0 Å². The molecule has 1 aliphatic heterocycles. The smallest absolute Gasteiger partial charge is 0.322 e. The molecule has 8 nitrogen and oxygen atoms in total. The van der Waals surface area contributed by atoms with E-state index >= 15 is 0 Å². The van der Waals surface area contributed by atoms with Crippen molar-refractivity contribution in [2.24, 2.45) is 5.73 Å². The molecule has 8 heteroatoms. The van der Waals surface area contributed by atoms with Crippen LogP contribution in [-0.4, -0.2) is 61.3 Å². The quantitative estimate of drug-likeness (QED) is 0.355. The third kappa shape index (κ3) is 5.33. The van der Waals surface area contributed by atoms with Gasteiger partial charge in [0.05, 0.1) is 13.2 Å². The zero-order valence-electron chi connectivity index (χ0n) is 10.5. The highest BCUT2D eigenvalue weighted by Crippen LogP contribution is 2.07. The maximum atomic E-state index is 11.5. The fourth-order valence-corrected chi connectivity index (χ4v) is 1.48. The van der Waals surface area contributed by atoms with Crippen LogP contribution in [0.25, 0.3) is 0 Å². The van der Waals surface area contributed by atoms with Crippen molar-refractivity contribution in [2.75, 3.05) is 26.4 Å². The molecule has 0 bridgehead atoms. The van der Waals surface area contributed by atoms with Crippen LogP contribution < -0.4 is 11.1 Å². The van der Waals surface area contributed by atoms with Gasteiger partial charge in [-0.05, 0) is 6.42 Å². The Morgan fingerprint density at radius 2 is 2.32 bits per heavy atom. The lowest BCUT2D eigenvalue weighted by molar-refractivity contribution is -0.140. The minimum absolute atomic E-state index is 0.0759. The number of hydrogen-bond donors (Lipinski definition) is 3. The number of rotatable bonds is 8. The Morgan fingerprint density at radius 3 is 2.89 bits per heavy atom. The van der Waals surface area contributed by atoms with Crippen molar-refractivity contribution in [1.82, 2.24) is 5.32 Å². The van der Waals surface area contributed by atoms with Gasteiger partial charge >= 0.3 is 5.97 Å². The molecule has 2 atom stereocenters.